The smallest absolute Gasteiger partial charge is 0.254 e. The minimum absolute atomic E-state index is 0.00265. The molecule has 0 saturated carbocycles. The highest BCUT2D eigenvalue weighted by atomic mass is 32.2. The van der Waals surface area contributed by atoms with Crippen LogP contribution in [0, 0.1) is 0 Å². The summed E-state index contributed by atoms with van der Waals surface area (Å²) in [6, 6.07) is 20.1. The molecule has 0 unspecified atom stereocenters. The first kappa shape index (κ1) is 21.8. The molecule has 1 N–H and O–H groups in total. The number of nitrogens with zero attached hydrogens (tertiary/aromatic N) is 4. The van der Waals surface area contributed by atoms with Crippen LogP contribution in [0.25, 0.3) is 0 Å². The molecular weight excluding hydrogens is 418 g/mol. The van der Waals surface area contributed by atoms with Crippen LogP contribution < -0.4 is 0 Å². The Balaban J connectivity index is 1.49. The summed E-state index contributed by atoms with van der Waals surface area (Å²) < 4.78 is 0. The summed E-state index contributed by atoms with van der Waals surface area (Å²) in [5.41, 5.74) is 5.20. The molecule has 4 rings (SSSR count). The number of aromatic nitrogens is 4. The molecule has 1 amide bonds. The average Bonchev–Trinajstić information content (AvgIpc) is 3.37. The van der Waals surface area contributed by atoms with Gasteiger partial charge in [0.15, 0.2) is 5.16 Å². The summed E-state index contributed by atoms with van der Waals surface area (Å²) >= 11 is 1.58. The molecule has 0 bridgehead atoms. The molecule has 32 heavy (non-hydrogen) atoms. The van der Waals surface area contributed by atoms with Gasteiger partial charge in [-0.1, -0.05) is 61.2 Å². The third-order valence-corrected chi connectivity index (χ3v) is 6.11. The molecule has 0 atom stereocenters. The lowest BCUT2D eigenvalue weighted by molar-refractivity contribution is 0.0730. The van der Waals surface area contributed by atoms with E-state index in [1.54, 1.807) is 18.0 Å². The van der Waals surface area contributed by atoms with Gasteiger partial charge in [0.2, 0.25) is 0 Å². The molecule has 0 fully saturated rings. The van der Waals surface area contributed by atoms with E-state index in [9.17, 15) is 4.79 Å². The number of nitrogens with one attached hydrogen (secondary N) is 1. The van der Waals surface area contributed by atoms with Crippen molar-refractivity contribution in [2.75, 3.05) is 0 Å². The number of H-pyrrole nitrogens is 1. The number of carbonyl (C=O) groups excluding carboxylic acids is 1. The van der Waals surface area contributed by atoms with Crippen molar-refractivity contribution in [1.82, 2.24) is 25.1 Å². The van der Waals surface area contributed by atoms with Gasteiger partial charge < -0.3 is 4.90 Å². The molecular formula is C25H25N5OS. The molecule has 0 aliphatic heterocycles. The molecule has 4 aromatic rings. The van der Waals surface area contributed by atoms with Crippen molar-refractivity contribution in [3.8, 4) is 0 Å². The summed E-state index contributed by atoms with van der Waals surface area (Å²) in [5.74, 6) is 0.759. The van der Waals surface area contributed by atoms with E-state index in [1.165, 1.54) is 11.9 Å². The number of aryl methyl sites for hydroxylation is 1. The van der Waals surface area contributed by atoms with Gasteiger partial charge in [-0.3, -0.25) is 14.9 Å². The lowest BCUT2D eigenvalue weighted by atomic mass is 10.1. The van der Waals surface area contributed by atoms with Crippen molar-refractivity contribution >= 4 is 17.7 Å². The lowest BCUT2D eigenvalue weighted by Crippen LogP contribution is -2.30. The zero-order chi connectivity index (χ0) is 22.2. The first-order chi connectivity index (χ1) is 15.7. The second kappa shape index (κ2) is 10.7. The number of amides is 1. The molecule has 162 valence electrons. The Labute approximate surface area is 192 Å². The van der Waals surface area contributed by atoms with Crippen LogP contribution in [0.3, 0.4) is 0 Å². The van der Waals surface area contributed by atoms with Crippen molar-refractivity contribution in [2.45, 2.75) is 37.3 Å². The molecule has 2 aromatic carbocycles. The maximum Gasteiger partial charge on any atom is 0.254 e. The van der Waals surface area contributed by atoms with E-state index < -0.39 is 0 Å². The third kappa shape index (κ3) is 5.82. The normalized spacial score (nSPS) is 10.8. The van der Waals surface area contributed by atoms with Gasteiger partial charge >= 0.3 is 0 Å². The summed E-state index contributed by atoms with van der Waals surface area (Å²) in [6.45, 7) is 3.19. The Kier molecular flexibility index (Phi) is 7.30. The predicted octanol–water partition coefficient (Wildman–Crippen LogP) is 4.90. The van der Waals surface area contributed by atoms with Crippen molar-refractivity contribution in [1.29, 1.82) is 0 Å². The van der Waals surface area contributed by atoms with E-state index in [1.807, 2.05) is 47.5 Å². The number of aromatic amines is 1. The van der Waals surface area contributed by atoms with Gasteiger partial charge in [0.1, 0.15) is 6.33 Å². The fraction of sp³-hybridized carbons (Fsp3) is 0.200. The second-order valence-electron chi connectivity index (χ2n) is 7.47. The van der Waals surface area contributed by atoms with Gasteiger partial charge in [-0.2, -0.15) is 5.10 Å². The van der Waals surface area contributed by atoms with Crippen LogP contribution in [0.15, 0.2) is 84.5 Å². The number of rotatable bonds is 9. The Morgan fingerprint density at radius 3 is 2.31 bits per heavy atom. The van der Waals surface area contributed by atoms with Crippen molar-refractivity contribution in [3.05, 3.63) is 107 Å². The van der Waals surface area contributed by atoms with E-state index >= 15 is 0 Å². The number of thioether (sulfide) groups is 1. The second-order valence-corrected chi connectivity index (χ2v) is 8.43. The van der Waals surface area contributed by atoms with Gasteiger partial charge in [-0.05, 0) is 46.9 Å². The Morgan fingerprint density at radius 2 is 1.66 bits per heavy atom. The van der Waals surface area contributed by atoms with Crippen LogP contribution in [0.1, 0.15) is 39.5 Å². The van der Waals surface area contributed by atoms with Gasteiger partial charge in [0.05, 0.1) is 0 Å². The monoisotopic (exact) mass is 443 g/mol. The molecule has 2 aromatic heterocycles. The van der Waals surface area contributed by atoms with Gasteiger partial charge in [0.25, 0.3) is 5.91 Å². The number of benzene rings is 2. The van der Waals surface area contributed by atoms with Gasteiger partial charge in [-0.15, -0.1) is 0 Å². The topological polar surface area (TPSA) is 74.8 Å². The SMILES string of the molecule is CCc1ccc(CN(Cc2cccnc2)C(=O)c2ccc(CSc3ncn[nH]3)cc2)cc1. The molecule has 0 aliphatic carbocycles. The van der Waals surface area contributed by atoms with Crippen molar-refractivity contribution < 1.29 is 4.79 Å². The van der Waals surface area contributed by atoms with Crippen molar-refractivity contribution in [2.24, 2.45) is 0 Å². The summed E-state index contributed by atoms with van der Waals surface area (Å²) in [4.78, 5) is 23.6. The minimum Gasteiger partial charge on any atom is -0.330 e. The average molecular weight is 444 g/mol. The fourth-order valence-corrected chi connectivity index (χ4v) is 4.09. The van der Waals surface area contributed by atoms with Crippen LogP contribution in [0.5, 0.6) is 0 Å². The van der Waals surface area contributed by atoms with E-state index in [0.29, 0.717) is 18.7 Å². The van der Waals surface area contributed by atoms with Crippen LogP contribution in [0.2, 0.25) is 0 Å². The van der Waals surface area contributed by atoms with Crippen molar-refractivity contribution in [3.63, 3.8) is 0 Å². The molecule has 6 nitrogen and oxygen atoms in total. The highest BCUT2D eigenvalue weighted by molar-refractivity contribution is 7.98. The van der Waals surface area contributed by atoms with E-state index in [-0.39, 0.29) is 5.91 Å². The molecule has 7 heteroatoms. The van der Waals surface area contributed by atoms with Crippen LogP contribution in [0.4, 0.5) is 0 Å². The van der Waals surface area contributed by atoms with Crippen LogP contribution in [-0.2, 0) is 25.3 Å². The Hall–Kier alpha value is -3.45. The zero-order valence-electron chi connectivity index (χ0n) is 17.9. The fourth-order valence-electron chi connectivity index (χ4n) is 3.35. The third-order valence-electron chi connectivity index (χ3n) is 5.16. The van der Waals surface area contributed by atoms with Crippen LogP contribution >= 0.6 is 11.8 Å². The lowest BCUT2D eigenvalue weighted by Gasteiger charge is -2.23. The highest BCUT2D eigenvalue weighted by Gasteiger charge is 2.17. The minimum atomic E-state index is 0.00265. The van der Waals surface area contributed by atoms with Gasteiger partial charge in [-0.25, -0.2) is 4.98 Å². The maximum atomic E-state index is 13.4. The van der Waals surface area contributed by atoms with E-state index in [2.05, 4.69) is 51.4 Å². The van der Waals surface area contributed by atoms with E-state index in [0.717, 1.165) is 34.0 Å². The number of carbonyl (C=O) groups is 1. The molecule has 0 spiro atoms. The molecule has 0 radical (unpaired) electrons. The number of pyridine rings is 1. The Morgan fingerprint density at radius 1 is 0.938 bits per heavy atom. The van der Waals surface area contributed by atoms with Crippen LogP contribution in [-0.4, -0.2) is 31.0 Å². The Bertz CT molecular complexity index is 1110. The largest absolute Gasteiger partial charge is 0.330 e. The number of hydrogen-bond donors (Lipinski definition) is 1. The standard InChI is InChI=1S/C25H25N5OS/c1-2-19-5-7-20(8-6-19)15-30(16-22-4-3-13-26-14-22)24(31)23-11-9-21(10-12-23)17-32-25-27-18-28-29-25/h3-14,18H,2,15-17H2,1H3,(H,27,28,29). The molecule has 0 saturated heterocycles. The number of hydrogen-bond acceptors (Lipinski definition) is 5. The molecule has 0 aliphatic rings. The van der Waals surface area contributed by atoms with E-state index in [4.69, 9.17) is 0 Å². The predicted molar refractivity (Wildman–Crippen MR) is 126 cm³/mol. The quantitative estimate of drug-likeness (QED) is 0.373. The zero-order valence-corrected chi connectivity index (χ0v) is 18.8. The summed E-state index contributed by atoms with van der Waals surface area (Å²) in [7, 11) is 0. The maximum absolute atomic E-state index is 13.4. The summed E-state index contributed by atoms with van der Waals surface area (Å²) in [5, 5.41) is 7.48. The first-order valence-electron chi connectivity index (χ1n) is 10.5. The molecule has 2 heterocycles. The highest BCUT2D eigenvalue weighted by Crippen LogP contribution is 2.20. The van der Waals surface area contributed by atoms with Gasteiger partial charge in [0, 0.05) is 36.8 Å². The summed E-state index contributed by atoms with van der Waals surface area (Å²) in [6.07, 6.45) is 6.05. The first-order valence-corrected chi connectivity index (χ1v) is 11.5.